The lowest BCUT2D eigenvalue weighted by Gasteiger charge is -2.46. The second kappa shape index (κ2) is 53.7. The van der Waals surface area contributed by atoms with E-state index in [1.807, 2.05) is 12.2 Å². The Kier molecular flexibility index (Phi) is 49.5. The minimum Gasteiger partial charge on any atom is -0.394 e. The summed E-state index contributed by atoms with van der Waals surface area (Å²) >= 11 is 0. The number of ether oxygens (including phenoxy) is 4. The first kappa shape index (κ1) is 76.5. The fourth-order valence-electron chi connectivity index (χ4n) is 10.8. The quantitative estimate of drug-likeness (QED) is 0.0204. The van der Waals surface area contributed by atoms with E-state index in [0.717, 1.165) is 51.4 Å². The zero-order chi connectivity index (χ0) is 60.2. The Morgan fingerprint density at radius 1 is 0.446 bits per heavy atom. The topological polar surface area (TPSA) is 228 Å². The van der Waals surface area contributed by atoms with Crippen LogP contribution in [0.15, 0.2) is 72.9 Å². The maximum atomic E-state index is 13.2. The lowest BCUT2D eigenvalue weighted by atomic mass is 9.97. The summed E-state index contributed by atoms with van der Waals surface area (Å²) in [6.45, 7) is 2.66. The summed E-state index contributed by atoms with van der Waals surface area (Å²) in [6, 6.07) is -0.950. The number of aliphatic hydroxyl groups is 8. The highest BCUT2D eigenvalue weighted by Crippen LogP contribution is 2.30. The molecule has 0 aliphatic carbocycles. The second-order valence-electron chi connectivity index (χ2n) is 23.6. The molecule has 0 spiro atoms. The third kappa shape index (κ3) is 38.4. The number of hydrogen-bond donors (Lipinski definition) is 9. The number of amides is 1. The fraction of sp³-hybridized carbons (Fsp3) is 0.812. The zero-order valence-corrected chi connectivity index (χ0v) is 52.2. The molecular formula is C69H123NO13. The highest BCUT2D eigenvalue weighted by Gasteiger charge is 2.51. The van der Waals surface area contributed by atoms with Gasteiger partial charge < -0.3 is 65.1 Å². The molecule has 0 bridgehead atoms. The monoisotopic (exact) mass is 1170 g/mol. The van der Waals surface area contributed by atoms with Gasteiger partial charge in [0.2, 0.25) is 5.91 Å². The van der Waals surface area contributed by atoms with E-state index in [9.17, 15) is 45.6 Å². The average Bonchev–Trinajstić information content (AvgIpc) is 3.65. The Hall–Kier alpha value is -2.57. The SMILES string of the molecule is CC/C=C\C/C=C\C/C=C\C/C=C\C/C=C\CCCC(=O)NC(COC1OC(CO)C(OC2OC(CO)C(O)C(O)C2O)C(O)C1O)C(O)/C=C/CCCCCCCCCCCCCCCCCCCCCCCCCCCCCCCC. The summed E-state index contributed by atoms with van der Waals surface area (Å²) in [6.07, 6.45) is 55.5. The van der Waals surface area contributed by atoms with E-state index >= 15 is 0 Å². The summed E-state index contributed by atoms with van der Waals surface area (Å²) in [4.78, 5) is 13.2. The van der Waals surface area contributed by atoms with Gasteiger partial charge in [-0.3, -0.25) is 4.79 Å². The third-order valence-electron chi connectivity index (χ3n) is 16.1. The molecule has 2 fully saturated rings. The van der Waals surface area contributed by atoms with Crippen molar-refractivity contribution in [3.63, 3.8) is 0 Å². The third-order valence-corrected chi connectivity index (χ3v) is 16.1. The van der Waals surface area contributed by atoms with Crippen LogP contribution >= 0.6 is 0 Å². The van der Waals surface area contributed by atoms with Gasteiger partial charge in [-0.25, -0.2) is 0 Å². The van der Waals surface area contributed by atoms with Crippen molar-refractivity contribution in [2.75, 3.05) is 19.8 Å². The number of allylic oxidation sites excluding steroid dienone is 11. The van der Waals surface area contributed by atoms with Crippen LogP contribution in [0.25, 0.3) is 0 Å². The van der Waals surface area contributed by atoms with Crippen LogP contribution in [0.3, 0.4) is 0 Å². The highest BCUT2D eigenvalue weighted by atomic mass is 16.7. The summed E-state index contributed by atoms with van der Waals surface area (Å²) in [5, 5.41) is 87.2. The van der Waals surface area contributed by atoms with Gasteiger partial charge in [0.15, 0.2) is 12.6 Å². The summed E-state index contributed by atoms with van der Waals surface area (Å²) in [5.74, 6) is -0.296. The van der Waals surface area contributed by atoms with Crippen LogP contribution in [0.4, 0.5) is 0 Å². The Labute approximate surface area is 504 Å². The molecule has 2 saturated heterocycles. The summed E-state index contributed by atoms with van der Waals surface area (Å²) < 4.78 is 22.8. The predicted octanol–water partition coefficient (Wildman–Crippen LogP) is 13.1. The first-order valence-corrected chi connectivity index (χ1v) is 33.7. The highest BCUT2D eigenvalue weighted by molar-refractivity contribution is 5.76. The van der Waals surface area contributed by atoms with Crippen molar-refractivity contribution >= 4 is 5.91 Å². The smallest absolute Gasteiger partial charge is 0.220 e. The fourth-order valence-corrected chi connectivity index (χ4v) is 10.8. The van der Waals surface area contributed by atoms with E-state index in [1.54, 1.807) is 6.08 Å². The molecule has 2 aliphatic heterocycles. The second-order valence-corrected chi connectivity index (χ2v) is 23.6. The molecule has 83 heavy (non-hydrogen) atoms. The van der Waals surface area contributed by atoms with Gasteiger partial charge in [0.05, 0.1) is 32.0 Å². The van der Waals surface area contributed by atoms with Gasteiger partial charge in [0.1, 0.15) is 48.8 Å². The largest absolute Gasteiger partial charge is 0.394 e. The molecule has 14 nitrogen and oxygen atoms in total. The number of carbonyl (C=O) groups excluding carboxylic acids is 1. The van der Waals surface area contributed by atoms with Gasteiger partial charge >= 0.3 is 0 Å². The maximum Gasteiger partial charge on any atom is 0.220 e. The number of aliphatic hydroxyl groups excluding tert-OH is 8. The van der Waals surface area contributed by atoms with Crippen molar-refractivity contribution in [2.45, 2.75) is 338 Å². The molecule has 2 aliphatic rings. The molecule has 2 rings (SSSR count). The van der Waals surface area contributed by atoms with Crippen LogP contribution in [0.2, 0.25) is 0 Å². The lowest BCUT2D eigenvalue weighted by molar-refractivity contribution is -0.359. The lowest BCUT2D eigenvalue weighted by Crippen LogP contribution is -2.65. The van der Waals surface area contributed by atoms with Crippen molar-refractivity contribution in [1.29, 1.82) is 0 Å². The van der Waals surface area contributed by atoms with E-state index in [1.165, 1.54) is 180 Å². The van der Waals surface area contributed by atoms with E-state index in [0.29, 0.717) is 12.8 Å². The van der Waals surface area contributed by atoms with Crippen LogP contribution in [-0.4, -0.2) is 140 Å². The number of hydrogen-bond acceptors (Lipinski definition) is 13. The molecule has 12 atom stereocenters. The normalized spacial score (nSPS) is 24.3. The Bertz CT molecular complexity index is 1670. The first-order valence-electron chi connectivity index (χ1n) is 33.7. The molecule has 0 aromatic rings. The van der Waals surface area contributed by atoms with Gasteiger partial charge in [-0.05, 0) is 57.8 Å². The summed E-state index contributed by atoms with van der Waals surface area (Å²) in [7, 11) is 0. The molecule has 9 N–H and O–H groups in total. The zero-order valence-electron chi connectivity index (χ0n) is 52.2. The molecule has 14 heteroatoms. The minimum atomic E-state index is -1.80. The van der Waals surface area contributed by atoms with Crippen molar-refractivity contribution < 1.29 is 64.6 Å². The molecule has 482 valence electrons. The average molecular weight is 1170 g/mol. The van der Waals surface area contributed by atoms with Crippen LogP contribution in [0, 0.1) is 0 Å². The van der Waals surface area contributed by atoms with Crippen LogP contribution in [0.5, 0.6) is 0 Å². The molecule has 2 heterocycles. The van der Waals surface area contributed by atoms with Gasteiger partial charge in [-0.15, -0.1) is 0 Å². The number of nitrogens with one attached hydrogen (secondary N) is 1. The Morgan fingerprint density at radius 2 is 0.831 bits per heavy atom. The molecule has 0 saturated carbocycles. The van der Waals surface area contributed by atoms with Crippen LogP contribution < -0.4 is 5.32 Å². The standard InChI is InChI=1S/C69H123NO13/c1-3-5-7-9-11-13-15-17-19-21-22-23-24-25-26-27-28-29-30-31-32-33-34-35-37-38-40-42-44-46-48-50-52-58(73)57(70-61(74)53-51-49-47-45-43-41-39-36-20-18-16-14-12-10-8-6-4-2)56-80-68-66(79)64(77)67(60(55-72)82-68)83-69-65(78)63(76)62(75)59(54-71)81-69/h6,8,12,14,18,20,39,41,45,47,50,52,57-60,62-69,71-73,75-79H,3-5,7,9-11,13,15-17,19,21-38,40,42-44,46,48-49,51,53-56H2,1-2H3,(H,70,74)/b8-6-,14-12-,20-18-,41-39-,47-45-,52-50+. The van der Waals surface area contributed by atoms with Crippen LogP contribution in [0.1, 0.15) is 264 Å². The van der Waals surface area contributed by atoms with Crippen LogP contribution in [-0.2, 0) is 23.7 Å². The Balaban J connectivity index is 1.68. The van der Waals surface area contributed by atoms with Crippen molar-refractivity contribution in [1.82, 2.24) is 5.32 Å². The van der Waals surface area contributed by atoms with Crippen molar-refractivity contribution in [3.8, 4) is 0 Å². The summed E-state index contributed by atoms with van der Waals surface area (Å²) in [5.41, 5.74) is 0. The minimum absolute atomic E-state index is 0.200. The number of carbonyl (C=O) groups is 1. The van der Waals surface area contributed by atoms with E-state index in [4.69, 9.17) is 18.9 Å². The number of unbranched alkanes of at least 4 members (excludes halogenated alkanes) is 31. The maximum absolute atomic E-state index is 13.2. The molecule has 0 radical (unpaired) electrons. The molecule has 0 aromatic carbocycles. The van der Waals surface area contributed by atoms with Gasteiger partial charge in [0.25, 0.3) is 0 Å². The van der Waals surface area contributed by atoms with E-state index < -0.39 is 86.8 Å². The van der Waals surface area contributed by atoms with Gasteiger partial charge in [-0.1, -0.05) is 273 Å². The van der Waals surface area contributed by atoms with Gasteiger partial charge in [-0.2, -0.15) is 0 Å². The molecule has 0 aromatic heterocycles. The molecular weight excluding hydrogens is 1050 g/mol. The van der Waals surface area contributed by atoms with E-state index in [-0.39, 0.29) is 18.9 Å². The van der Waals surface area contributed by atoms with Gasteiger partial charge in [0, 0.05) is 6.42 Å². The Morgan fingerprint density at radius 3 is 1.27 bits per heavy atom. The van der Waals surface area contributed by atoms with Crippen molar-refractivity contribution in [3.05, 3.63) is 72.9 Å². The van der Waals surface area contributed by atoms with Crippen molar-refractivity contribution in [2.24, 2.45) is 0 Å². The van der Waals surface area contributed by atoms with E-state index in [2.05, 4.69) is 73.8 Å². The molecule has 1 amide bonds. The molecule has 12 unspecified atom stereocenters. The number of rotatable bonds is 54. The predicted molar refractivity (Wildman–Crippen MR) is 337 cm³/mol. The first-order chi connectivity index (χ1) is 40.6.